The Morgan fingerprint density at radius 1 is 0.875 bits per heavy atom. The molecule has 3 N–H and O–H groups in total. The molecule has 2 aromatic rings. The first kappa shape index (κ1) is 28.9. The minimum atomic E-state index is -4.49. The molecule has 220 valence electrons. The number of piperidine rings is 1. The van der Waals surface area contributed by atoms with Crippen molar-refractivity contribution in [1.29, 1.82) is 0 Å². The van der Waals surface area contributed by atoms with Crippen molar-refractivity contribution in [3.63, 3.8) is 0 Å². The van der Waals surface area contributed by atoms with E-state index in [1.54, 1.807) is 0 Å². The Labute approximate surface area is 234 Å². The molecule has 0 radical (unpaired) electrons. The van der Waals surface area contributed by atoms with Gasteiger partial charge in [-0.3, -0.25) is 4.79 Å². The molecule has 1 aliphatic carbocycles. The summed E-state index contributed by atoms with van der Waals surface area (Å²) in [6, 6.07) is 3.81. The average molecular weight is 562 g/mol. The van der Waals surface area contributed by atoms with Crippen LogP contribution in [0.2, 0.25) is 0 Å². The van der Waals surface area contributed by atoms with Gasteiger partial charge in [0.2, 0.25) is 11.9 Å². The van der Waals surface area contributed by atoms with E-state index in [0.717, 1.165) is 63.7 Å². The van der Waals surface area contributed by atoms with E-state index in [1.807, 2.05) is 4.90 Å². The molecule has 3 aliphatic rings. The van der Waals surface area contributed by atoms with Gasteiger partial charge in [0.25, 0.3) is 0 Å². The minimum Gasteiger partial charge on any atom is -0.358 e. The number of anilines is 2. The van der Waals surface area contributed by atoms with Gasteiger partial charge in [-0.25, -0.2) is 4.98 Å². The SMILES string of the molecule is CN1CCC(Nc2nc(NC3CCN(C4CCC(NC(C)(C)C)CC4)C3=O)c3cc(C(F)(F)F)ccc3n2)CC1. The molecule has 2 aliphatic heterocycles. The second kappa shape index (κ2) is 11.3. The lowest BCUT2D eigenvalue weighted by atomic mass is 9.89. The molecule has 5 rings (SSSR count). The quantitative estimate of drug-likeness (QED) is 0.464. The number of carbonyl (C=O) groups is 1. The van der Waals surface area contributed by atoms with Crippen LogP contribution in [0.5, 0.6) is 0 Å². The highest BCUT2D eigenvalue weighted by Gasteiger charge is 2.38. The number of hydrogen-bond donors (Lipinski definition) is 3. The maximum absolute atomic E-state index is 13.6. The average Bonchev–Trinajstić information content (AvgIpc) is 3.24. The Balaban J connectivity index is 1.33. The van der Waals surface area contributed by atoms with Crippen LogP contribution in [0.3, 0.4) is 0 Å². The normalized spacial score (nSPS) is 25.5. The van der Waals surface area contributed by atoms with E-state index < -0.39 is 17.8 Å². The molecule has 0 spiro atoms. The molecule has 11 heteroatoms. The highest BCUT2D eigenvalue weighted by molar-refractivity contribution is 5.94. The number of carbonyl (C=O) groups excluding carboxylic acids is 1. The van der Waals surface area contributed by atoms with E-state index in [4.69, 9.17) is 0 Å². The minimum absolute atomic E-state index is 0.00389. The molecular weight excluding hydrogens is 519 g/mol. The number of nitrogens with zero attached hydrogens (tertiary/aromatic N) is 4. The summed E-state index contributed by atoms with van der Waals surface area (Å²) in [6.07, 6.45) is 1.89. The van der Waals surface area contributed by atoms with E-state index >= 15 is 0 Å². The number of fused-ring (bicyclic) bond motifs is 1. The second-order valence-corrected chi connectivity index (χ2v) is 12.8. The molecule has 1 saturated carbocycles. The Morgan fingerprint density at radius 3 is 2.23 bits per heavy atom. The van der Waals surface area contributed by atoms with Crippen molar-refractivity contribution >= 4 is 28.6 Å². The molecular formula is C29H42F3N7O. The number of hydrogen-bond acceptors (Lipinski definition) is 7. The highest BCUT2D eigenvalue weighted by Crippen LogP contribution is 2.35. The fourth-order valence-corrected chi connectivity index (χ4v) is 6.32. The number of alkyl halides is 3. The first-order valence-electron chi connectivity index (χ1n) is 14.5. The Bertz CT molecular complexity index is 1200. The van der Waals surface area contributed by atoms with Gasteiger partial charge in [-0.05, 0) is 104 Å². The van der Waals surface area contributed by atoms with Gasteiger partial charge in [-0.1, -0.05) is 0 Å². The highest BCUT2D eigenvalue weighted by atomic mass is 19.4. The molecule has 1 amide bonds. The summed E-state index contributed by atoms with van der Waals surface area (Å²) < 4.78 is 40.7. The van der Waals surface area contributed by atoms with Crippen LogP contribution in [0, 0.1) is 0 Å². The Kier molecular flexibility index (Phi) is 8.16. The van der Waals surface area contributed by atoms with Crippen LogP contribution in [0.4, 0.5) is 24.9 Å². The third-order valence-corrected chi connectivity index (χ3v) is 8.40. The number of likely N-dealkylation sites (tertiary alicyclic amines) is 2. The van der Waals surface area contributed by atoms with Crippen molar-refractivity contribution < 1.29 is 18.0 Å². The van der Waals surface area contributed by atoms with Crippen molar-refractivity contribution in [3.8, 4) is 0 Å². The smallest absolute Gasteiger partial charge is 0.358 e. The van der Waals surface area contributed by atoms with E-state index in [-0.39, 0.29) is 34.7 Å². The number of benzene rings is 1. The Morgan fingerprint density at radius 2 is 1.57 bits per heavy atom. The third kappa shape index (κ3) is 6.79. The molecule has 3 fully saturated rings. The number of aromatic nitrogens is 2. The topological polar surface area (TPSA) is 85.4 Å². The zero-order valence-corrected chi connectivity index (χ0v) is 23.9. The number of halogens is 3. The maximum Gasteiger partial charge on any atom is 0.416 e. The van der Waals surface area contributed by atoms with E-state index in [0.29, 0.717) is 30.5 Å². The van der Waals surface area contributed by atoms with Crippen LogP contribution in [-0.4, -0.2) is 82.1 Å². The van der Waals surface area contributed by atoms with Gasteiger partial charge in [-0.15, -0.1) is 0 Å². The molecule has 3 heterocycles. The maximum atomic E-state index is 13.6. The monoisotopic (exact) mass is 561 g/mol. The zero-order valence-electron chi connectivity index (χ0n) is 23.9. The first-order chi connectivity index (χ1) is 18.9. The fraction of sp³-hybridized carbons (Fsp3) is 0.690. The third-order valence-electron chi connectivity index (χ3n) is 8.40. The van der Waals surface area contributed by atoms with Crippen molar-refractivity contribution in [2.75, 3.05) is 37.3 Å². The molecule has 8 nitrogen and oxygen atoms in total. The summed E-state index contributed by atoms with van der Waals surface area (Å²) in [4.78, 5) is 26.9. The van der Waals surface area contributed by atoms with E-state index in [9.17, 15) is 18.0 Å². The summed E-state index contributed by atoms with van der Waals surface area (Å²) in [5, 5.41) is 10.6. The van der Waals surface area contributed by atoms with Gasteiger partial charge in [0.1, 0.15) is 11.9 Å². The molecule has 1 aromatic carbocycles. The zero-order chi connectivity index (χ0) is 28.7. The summed E-state index contributed by atoms with van der Waals surface area (Å²) >= 11 is 0. The van der Waals surface area contributed by atoms with Crippen molar-refractivity contribution in [3.05, 3.63) is 23.8 Å². The van der Waals surface area contributed by atoms with Crippen molar-refractivity contribution in [2.24, 2.45) is 0 Å². The number of amides is 1. The lowest BCUT2D eigenvalue weighted by molar-refractivity contribution is -0.137. The predicted octanol–water partition coefficient (Wildman–Crippen LogP) is 4.87. The molecule has 1 atom stereocenters. The van der Waals surface area contributed by atoms with Gasteiger partial charge < -0.3 is 25.8 Å². The van der Waals surface area contributed by atoms with Crippen LogP contribution in [0.1, 0.15) is 71.3 Å². The number of rotatable bonds is 6. The summed E-state index contributed by atoms with van der Waals surface area (Å²) in [5.41, 5.74) is -0.292. The largest absolute Gasteiger partial charge is 0.416 e. The second-order valence-electron chi connectivity index (χ2n) is 12.8. The van der Waals surface area contributed by atoms with Crippen molar-refractivity contribution in [2.45, 2.75) is 102 Å². The summed E-state index contributed by atoms with van der Waals surface area (Å²) in [6.45, 7) is 9.04. The van der Waals surface area contributed by atoms with Crippen molar-refractivity contribution in [1.82, 2.24) is 25.1 Å². The number of nitrogens with one attached hydrogen (secondary N) is 3. The van der Waals surface area contributed by atoms with Gasteiger partial charge in [0.15, 0.2) is 0 Å². The fourth-order valence-electron chi connectivity index (χ4n) is 6.32. The van der Waals surface area contributed by atoms with Crippen LogP contribution >= 0.6 is 0 Å². The lowest BCUT2D eigenvalue weighted by Gasteiger charge is -2.37. The van der Waals surface area contributed by atoms with Crippen LogP contribution < -0.4 is 16.0 Å². The summed E-state index contributed by atoms with van der Waals surface area (Å²) in [5.74, 6) is 0.636. The van der Waals surface area contributed by atoms with Gasteiger partial charge in [0.05, 0.1) is 11.1 Å². The Hall–Kier alpha value is -2.66. The van der Waals surface area contributed by atoms with Crippen LogP contribution in [0.25, 0.3) is 10.9 Å². The molecule has 1 aromatic heterocycles. The van der Waals surface area contributed by atoms with Crippen LogP contribution in [0.15, 0.2) is 18.2 Å². The molecule has 40 heavy (non-hydrogen) atoms. The van der Waals surface area contributed by atoms with Gasteiger partial charge >= 0.3 is 6.18 Å². The van der Waals surface area contributed by atoms with E-state index in [1.165, 1.54) is 6.07 Å². The van der Waals surface area contributed by atoms with Gasteiger partial charge in [-0.2, -0.15) is 18.2 Å². The molecule has 1 unspecified atom stereocenters. The summed E-state index contributed by atoms with van der Waals surface area (Å²) in [7, 11) is 2.08. The predicted molar refractivity (Wildman–Crippen MR) is 151 cm³/mol. The van der Waals surface area contributed by atoms with E-state index in [2.05, 4.69) is 58.6 Å². The van der Waals surface area contributed by atoms with Gasteiger partial charge in [0, 0.05) is 35.6 Å². The molecule has 2 saturated heterocycles. The standard InChI is InChI=1S/C29H42F3N7O/c1-28(2,3)37-20-6-8-21(9-7-20)39-16-13-24(26(39)40)34-25-22-17-18(29(30,31)32)5-10-23(22)35-27(36-25)33-19-11-14-38(4)15-12-19/h5,10,17,19-21,24,37H,6-9,11-16H2,1-4H3,(H2,33,34,35,36). The molecule has 0 bridgehead atoms. The lowest BCUT2D eigenvalue weighted by Crippen LogP contribution is -2.49. The van der Waals surface area contributed by atoms with Crippen LogP contribution in [-0.2, 0) is 11.0 Å². The first-order valence-corrected chi connectivity index (χ1v) is 14.5.